The van der Waals surface area contributed by atoms with E-state index >= 15 is 0 Å². The van der Waals surface area contributed by atoms with Crippen LogP contribution in [0.15, 0.2) is 53.1 Å². The van der Waals surface area contributed by atoms with Crippen molar-refractivity contribution >= 4 is 31.2 Å². The van der Waals surface area contributed by atoms with Crippen molar-refractivity contribution < 1.29 is 28.0 Å². The molecule has 0 atom stereocenters. The molecule has 0 bridgehead atoms. The molecule has 0 aliphatic rings. The third-order valence-electron chi connectivity index (χ3n) is 5.85. The Morgan fingerprint density at radius 2 is 1.68 bits per heavy atom. The summed E-state index contributed by atoms with van der Waals surface area (Å²) in [6, 6.07) is 14.1. The van der Waals surface area contributed by atoms with Crippen molar-refractivity contribution in [2.24, 2.45) is 0 Å². The molecule has 3 aromatic rings. The number of aromatic nitrogens is 2. The van der Waals surface area contributed by atoms with Gasteiger partial charge in [0.1, 0.15) is 18.8 Å². The summed E-state index contributed by atoms with van der Waals surface area (Å²) in [7, 11) is -2.13. The van der Waals surface area contributed by atoms with Crippen molar-refractivity contribution in [2.45, 2.75) is 45.8 Å². The van der Waals surface area contributed by atoms with Gasteiger partial charge in [-0.05, 0) is 37.2 Å². The van der Waals surface area contributed by atoms with Crippen LogP contribution in [0, 0.1) is 0 Å². The lowest BCUT2D eigenvalue weighted by Gasteiger charge is -2.27. The Kier molecular flexibility index (Phi) is 8.22. The Balaban J connectivity index is 1.94. The van der Waals surface area contributed by atoms with E-state index in [1.165, 1.54) is 0 Å². The summed E-state index contributed by atoms with van der Waals surface area (Å²) in [5, 5.41) is 4.95. The number of para-hydroxylation sites is 1. The lowest BCUT2D eigenvalue weighted by Crippen LogP contribution is -2.39. The van der Waals surface area contributed by atoms with Gasteiger partial charge >= 0.3 is 17.9 Å². The van der Waals surface area contributed by atoms with Crippen LogP contribution < -0.4 is 4.43 Å². The summed E-state index contributed by atoms with van der Waals surface area (Å²) >= 11 is 0. The zero-order valence-electron chi connectivity index (χ0n) is 20.1. The largest absolute Gasteiger partial charge is 0.517 e. The van der Waals surface area contributed by atoms with Crippen LogP contribution in [-0.4, -0.2) is 43.6 Å². The summed E-state index contributed by atoms with van der Waals surface area (Å²) < 4.78 is 22.3. The minimum atomic E-state index is -2.13. The number of pyridine rings is 1. The Morgan fingerprint density at radius 3 is 2.35 bits per heavy atom. The number of hydrogen-bond donors (Lipinski definition) is 0. The van der Waals surface area contributed by atoms with Crippen molar-refractivity contribution in [1.29, 1.82) is 0 Å². The van der Waals surface area contributed by atoms with E-state index in [2.05, 4.69) is 32.5 Å². The van der Waals surface area contributed by atoms with Gasteiger partial charge in [0, 0.05) is 11.0 Å². The van der Waals surface area contributed by atoms with Gasteiger partial charge in [0.25, 0.3) is 8.32 Å². The van der Waals surface area contributed by atoms with Crippen LogP contribution in [0.3, 0.4) is 0 Å². The van der Waals surface area contributed by atoms with Crippen molar-refractivity contribution in [1.82, 2.24) is 10.1 Å². The smallest absolute Gasteiger partial charge is 0.361 e. The van der Waals surface area contributed by atoms with E-state index in [9.17, 15) is 9.59 Å². The first-order chi connectivity index (χ1) is 16.3. The molecule has 0 unspecified atom stereocenters. The van der Waals surface area contributed by atoms with E-state index < -0.39 is 20.3 Å². The Hall–Kier alpha value is -3.46. The van der Waals surface area contributed by atoms with Gasteiger partial charge in [0.15, 0.2) is 0 Å². The standard InChI is InChI=1S/C25H30N2O6Si/c1-6-34(7-2,8-3)33-25-21(20-14-13-18-11-9-10-12-19(18)26-20)22(27-32-25)24(29)31-16-15-30-23(28)17(4)5/h9-14H,4,6-8,15-16H2,1-3,5H3. The molecule has 180 valence electrons. The summed E-state index contributed by atoms with van der Waals surface area (Å²) in [5.74, 6) is -1.08. The molecule has 0 N–H and O–H groups in total. The molecule has 9 heteroatoms. The first-order valence-corrected chi connectivity index (χ1v) is 13.9. The second kappa shape index (κ2) is 11.1. The van der Waals surface area contributed by atoms with Crippen LogP contribution in [-0.2, 0) is 14.3 Å². The van der Waals surface area contributed by atoms with Gasteiger partial charge in [-0.3, -0.25) is 0 Å². The van der Waals surface area contributed by atoms with Gasteiger partial charge in [-0.15, -0.1) is 0 Å². The van der Waals surface area contributed by atoms with E-state index in [0.29, 0.717) is 11.3 Å². The fourth-order valence-corrected chi connectivity index (χ4v) is 6.00. The number of ether oxygens (including phenoxy) is 2. The molecule has 8 nitrogen and oxygen atoms in total. The summed E-state index contributed by atoms with van der Waals surface area (Å²) in [6.07, 6.45) is 0. The number of esters is 2. The van der Waals surface area contributed by atoms with Crippen molar-refractivity contribution in [3.63, 3.8) is 0 Å². The first kappa shape index (κ1) is 25.2. The lowest BCUT2D eigenvalue weighted by molar-refractivity contribution is -0.140. The second-order valence-corrected chi connectivity index (χ2v) is 12.7. The number of carbonyl (C=O) groups is 2. The number of fused-ring (bicyclic) bond motifs is 1. The first-order valence-electron chi connectivity index (χ1n) is 11.4. The topological polar surface area (TPSA) is 101 Å². The van der Waals surface area contributed by atoms with Crippen LogP contribution in [0.5, 0.6) is 5.95 Å². The summed E-state index contributed by atoms with van der Waals surface area (Å²) in [6.45, 7) is 11.1. The SMILES string of the molecule is C=C(C)C(=O)OCCOC(=O)c1noc(O[Si](CC)(CC)CC)c1-c1ccc2ccccc2n1. The number of rotatable bonds is 11. The predicted molar refractivity (Wildman–Crippen MR) is 131 cm³/mol. The van der Waals surface area contributed by atoms with Crippen molar-refractivity contribution in [3.8, 4) is 17.2 Å². The van der Waals surface area contributed by atoms with Gasteiger partial charge < -0.3 is 18.4 Å². The maximum absolute atomic E-state index is 12.9. The highest BCUT2D eigenvalue weighted by Gasteiger charge is 2.36. The van der Waals surface area contributed by atoms with Crippen LogP contribution in [0.25, 0.3) is 22.2 Å². The van der Waals surface area contributed by atoms with Gasteiger partial charge in [0.05, 0.1) is 11.2 Å². The Labute approximate surface area is 200 Å². The molecule has 0 amide bonds. The third kappa shape index (κ3) is 5.53. The second-order valence-electron chi connectivity index (χ2n) is 7.98. The highest BCUT2D eigenvalue weighted by molar-refractivity contribution is 6.74. The van der Waals surface area contributed by atoms with E-state index in [4.69, 9.17) is 23.4 Å². The Bertz CT molecular complexity index is 1180. The maximum Gasteiger partial charge on any atom is 0.361 e. The molecular formula is C25H30N2O6Si. The van der Waals surface area contributed by atoms with Crippen LogP contribution in [0.2, 0.25) is 18.1 Å². The van der Waals surface area contributed by atoms with Gasteiger partial charge in [-0.1, -0.05) is 56.8 Å². The van der Waals surface area contributed by atoms with Crippen LogP contribution in [0.4, 0.5) is 0 Å². The summed E-state index contributed by atoms with van der Waals surface area (Å²) in [4.78, 5) is 29.1. The highest BCUT2D eigenvalue weighted by atomic mass is 28.4. The normalized spacial score (nSPS) is 11.3. The van der Waals surface area contributed by atoms with Crippen LogP contribution in [0.1, 0.15) is 38.2 Å². The molecule has 0 aliphatic heterocycles. The van der Waals surface area contributed by atoms with Gasteiger partial charge in [-0.2, -0.15) is 0 Å². The number of carbonyl (C=O) groups excluding carboxylic acids is 2. The molecule has 0 spiro atoms. The number of benzene rings is 1. The van der Waals surface area contributed by atoms with E-state index in [1.54, 1.807) is 13.0 Å². The minimum absolute atomic E-state index is 0.0322. The molecule has 0 fully saturated rings. The zero-order chi connectivity index (χ0) is 24.7. The molecular weight excluding hydrogens is 452 g/mol. The molecule has 3 rings (SSSR count). The van der Waals surface area contributed by atoms with Crippen molar-refractivity contribution in [3.05, 3.63) is 54.2 Å². The molecule has 0 aliphatic carbocycles. The maximum atomic E-state index is 12.9. The fourth-order valence-electron chi connectivity index (χ4n) is 3.54. The molecule has 34 heavy (non-hydrogen) atoms. The van der Waals surface area contributed by atoms with Crippen molar-refractivity contribution in [2.75, 3.05) is 13.2 Å². The van der Waals surface area contributed by atoms with Crippen LogP contribution >= 0.6 is 0 Å². The predicted octanol–water partition coefficient (Wildman–Crippen LogP) is 5.55. The van der Waals surface area contributed by atoms with E-state index in [1.807, 2.05) is 30.3 Å². The molecule has 2 heterocycles. The van der Waals surface area contributed by atoms with E-state index in [0.717, 1.165) is 29.0 Å². The number of hydrogen-bond acceptors (Lipinski definition) is 8. The minimum Gasteiger partial charge on any atom is -0.517 e. The zero-order valence-corrected chi connectivity index (χ0v) is 21.1. The molecule has 0 saturated heterocycles. The lowest BCUT2D eigenvalue weighted by atomic mass is 10.1. The molecule has 1 aromatic carbocycles. The molecule has 2 aromatic heterocycles. The van der Waals surface area contributed by atoms with E-state index in [-0.39, 0.29) is 30.4 Å². The average Bonchev–Trinajstić information content (AvgIpc) is 3.27. The molecule has 0 saturated carbocycles. The highest BCUT2D eigenvalue weighted by Crippen LogP contribution is 2.37. The molecule has 0 radical (unpaired) electrons. The quantitative estimate of drug-likeness (QED) is 0.152. The number of nitrogens with zero attached hydrogens (tertiary/aromatic N) is 2. The van der Waals surface area contributed by atoms with Gasteiger partial charge in [0.2, 0.25) is 5.69 Å². The Morgan fingerprint density at radius 1 is 1.00 bits per heavy atom. The summed E-state index contributed by atoms with van der Waals surface area (Å²) in [5.41, 5.74) is 1.87. The average molecular weight is 483 g/mol. The third-order valence-corrected chi connectivity index (χ3v) is 10.3. The fraction of sp³-hybridized carbons (Fsp3) is 0.360. The monoisotopic (exact) mass is 482 g/mol. The van der Waals surface area contributed by atoms with Gasteiger partial charge in [-0.25, -0.2) is 14.6 Å².